The maximum atomic E-state index is 12.1. The maximum Gasteiger partial charge on any atom is 0.236 e. The van der Waals surface area contributed by atoms with Crippen LogP contribution in [0, 0.1) is 6.92 Å². The van der Waals surface area contributed by atoms with Crippen molar-refractivity contribution in [3.63, 3.8) is 0 Å². The van der Waals surface area contributed by atoms with Crippen LogP contribution >= 0.6 is 11.8 Å². The molecule has 0 atom stereocenters. The molecular weight excluding hydrogens is 246 g/mol. The van der Waals surface area contributed by atoms with Crippen LogP contribution in [0.3, 0.4) is 0 Å². The summed E-state index contributed by atoms with van der Waals surface area (Å²) < 4.78 is 0. The molecule has 1 amide bonds. The van der Waals surface area contributed by atoms with Gasteiger partial charge in [0.05, 0.1) is 5.75 Å². The van der Waals surface area contributed by atoms with Gasteiger partial charge in [-0.3, -0.25) is 4.79 Å². The zero-order valence-corrected chi connectivity index (χ0v) is 11.9. The van der Waals surface area contributed by atoms with E-state index in [9.17, 15) is 4.79 Å². The summed E-state index contributed by atoms with van der Waals surface area (Å²) in [5, 5.41) is 8.69. The Morgan fingerprint density at radius 3 is 2.72 bits per heavy atom. The van der Waals surface area contributed by atoms with Gasteiger partial charge >= 0.3 is 0 Å². The lowest BCUT2D eigenvalue weighted by Crippen LogP contribution is -2.32. The Morgan fingerprint density at radius 2 is 2.11 bits per heavy atom. The molecular formula is C14H21NO2S. The average molecular weight is 267 g/mol. The summed E-state index contributed by atoms with van der Waals surface area (Å²) in [7, 11) is 0. The monoisotopic (exact) mass is 267 g/mol. The van der Waals surface area contributed by atoms with E-state index >= 15 is 0 Å². The van der Waals surface area contributed by atoms with E-state index in [0.717, 1.165) is 23.4 Å². The van der Waals surface area contributed by atoms with Gasteiger partial charge in [-0.25, -0.2) is 0 Å². The summed E-state index contributed by atoms with van der Waals surface area (Å²) in [6, 6.07) is 7.93. The van der Waals surface area contributed by atoms with Crippen molar-refractivity contribution in [1.82, 2.24) is 0 Å². The van der Waals surface area contributed by atoms with Crippen LogP contribution in [0.5, 0.6) is 0 Å². The van der Waals surface area contributed by atoms with Gasteiger partial charge in [-0.05, 0) is 37.7 Å². The molecule has 0 saturated heterocycles. The Kier molecular flexibility index (Phi) is 6.83. The fourth-order valence-corrected chi connectivity index (χ4v) is 2.56. The molecule has 0 aliphatic carbocycles. The molecule has 0 bridgehead atoms. The van der Waals surface area contributed by atoms with Crippen LogP contribution in [-0.2, 0) is 4.79 Å². The predicted molar refractivity (Wildman–Crippen MR) is 78.2 cm³/mol. The number of aliphatic hydroxyl groups is 1. The number of carbonyl (C=O) groups excluding carboxylic acids is 1. The second-order valence-electron chi connectivity index (χ2n) is 4.05. The summed E-state index contributed by atoms with van der Waals surface area (Å²) >= 11 is 1.58. The van der Waals surface area contributed by atoms with Crippen LogP contribution in [0.4, 0.5) is 5.69 Å². The van der Waals surface area contributed by atoms with E-state index < -0.39 is 0 Å². The minimum Gasteiger partial charge on any atom is -0.396 e. The lowest BCUT2D eigenvalue weighted by molar-refractivity contribution is -0.116. The van der Waals surface area contributed by atoms with Crippen molar-refractivity contribution in [2.75, 3.05) is 29.6 Å². The molecule has 100 valence electrons. The number of para-hydroxylation sites is 1. The molecule has 3 nitrogen and oxygen atoms in total. The second kappa shape index (κ2) is 8.16. The van der Waals surface area contributed by atoms with Gasteiger partial charge in [0.15, 0.2) is 0 Å². The smallest absolute Gasteiger partial charge is 0.236 e. The number of hydrogen-bond acceptors (Lipinski definition) is 3. The summed E-state index contributed by atoms with van der Waals surface area (Å²) in [4.78, 5) is 14.0. The Labute approximate surface area is 113 Å². The van der Waals surface area contributed by atoms with Crippen LogP contribution in [0.1, 0.15) is 18.9 Å². The highest BCUT2D eigenvalue weighted by atomic mass is 32.2. The number of aliphatic hydroxyl groups excluding tert-OH is 1. The SMILES string of the molecule is CCN(C(=O)CSCCCO)c1ccccc1C. The number of anilines is 1. The minimum atomic E-state index is 0.134. The van der Waals surface area contributed by atoms with Crippen molar-refractivity contribution < 1.29 is 9.90 Å². The van der Waals surface area contributed by atoms with Gasteiger partial charge in [-0.1, -0.05) is 18.2 Å². The molecule has 0 aliphatic rings. The Hall–Kier alpha value is -1.00. The average Bonchev–Trinajstić information content (AvgIpc) is 2.38. The minimum absolute atomic E-state index is 0.134. The Morgan fingerprint density at radius 1 is 1.39 bits per heavy atom. The highest BCUT2D eigenvalue weighted by Crippen LogP contribution is 2.20. The zero-order valence-electron chi connectivity index (χ0n) is 11.1. The number of thioether (sulfide) groups is 1. The van der Waals surface area contributed by atoms with E-state index in [4.69, 9.17) is 5.11 Å². The topological polar surface area (TPSA) is 40.5 Å². The number of rotatable bonds is 7. The highest BCUT2D eigenvalue weighted by Gasteiger charge is 2.14. The lowest BCUT2D eigenvalue weighted by atomic mass is 10.2. The fourth-order valence-electron chi connectivity index (χ4n) is 1.75. The third kappa shape index (κ3) is 4.35. The summed E-state index contributed by atoms with van der Waals surface area (Å²) in [5.41, 5.74) is 2.11. The van der Waals surface area contributed by atoms with Gasteiger partial charge < -0.3 is 10.0 Å². The molecule has 0 fully saturated rings. The number of carbonyl (C=O) groups is 1. The number of nitrogens with zero attached hydrogens (tertiary/aromatic N) is 1. The number of amides is 1. The van der Waals surface area contributed by atoms with Gasteiger partial charge in [-0.15, -0.1) is 0 Å². The molecule has 1 aromatic rings. The first-order valence-corrected chi connectivity index (χ1v) is 7.40. The van der Waals surface area contributed by atoms with E-state index in [1.165, 1.54) is 0 Å². The highest BCUT2D eigenvalue weighted by molar-refractivity contribution is 7.99. The fraction of sp³-hybridized carbons (Fsp3) is 0.500. The first-order valence-electron chi connectivity index (χ1n) is 6.25. The molecule has 0 aromatic heterocycles. The van der Waals surface area contributed by atoms with E-state index in [1.807, 2.05) is 43.0 Å². The summed E-state index contributed by atoms with van der Waals surface area (Å²) in [6.07, 6.45) is 0.744. The predicted octanol–water partition coefficient (Wildman–Crippen LogP) is 2.46. The summed E-state index contributed by atoms with van der Waals surface area (Å²) in [5.74, 6) is 1.44. The number of aryl methyl sites for hydroxylation is 1. The zero-order chi connectivity index (χ0) is 13.4. The molecule has 4 heteroatoms. The molecule has 0 spiro atoms. The van der Waals surface area contributed by atoms with Gasteiger partial charge in [0.25, 0.3) is 0 Å². The molecule has 18 heavy (non-hydrogen) atoms. The third-order valence-electron chi connectivity index (χ3n) is 2.70. The molecule has 0 unspecified atom stereocenters. The maximum absolute atomic E-state index is 12.1. The molecule has 0 radical (unpaired) electrons. The number of hydrogen-bond donors (Lipinski definition) is 1. The lowest BCUT2D eigenvalue weighted by Gasteiger charge is -2.22. The largest absolute Gasteiger partial charge is 0.396 e. The molecule has 1 N–H and O–H groups in total. The van der Waals surface area contributed by atoms with Crippen molar-refractivity contribution in [2.24, 2.45) is 0 Å². The molecule has 1 rings (SSSR count). The van der Waals surface area contributed by atoms with Crippen molar-refractivity contribution >= 4 is 23.4 Å². The molecule has 0 aliphatic heterocycles. The van der Waals surface area contributed by atoms with Crippen molar-refractivity contribution in [2.45, 2.75) is 20.3 Å². The normalized spacial score (nSPS) is 10.4. The Bertz CT molecular complexity index is 382. The molecule has 0 heterocycles. The van der Waals surface area contributed by atoms with E-state index in [0.29, 0.717) is 12.3 Å². The van der Waals surface area contributed by atoms with Gasteiger partial charge in [0.2, 0.25) is 5.91 Å². The summed E-state index contributed by atoms with van der Waals surface area (Å²) in [6.45, 7) is 4.88. The van der Waals surface area contributed by atoms with E-state index in [1.54, 1.807) is 11.8 Å². The van der Waals surface area contributed by atoms with Crippen LogP contribution in [0.15, 0.2) is 24.3 Å². The van der Waals surface area contributed by atoms with Gasteiger partial charge in [0.1, 0.15) is 0 Å². The second-order valence-corrected chi connectivity index (χ2v) is 5.16. The van der Waals surface area contributed by atoms with Crippen LogP contribution in [0.2, 0.25) is 0 Å². The molecule has 1 aromatic carbocycles. The van der Waals surface area contributed by atoms with Crippen molar-refractivity contribution in [3.8, 4) is 0 Å². The first kappa shape index (κ1) is 15.1. The Balaban J connectivity index is 2.60. The van der Waals surface area contributed by atoms with Crippen molar-refractivity contribution in [1.29, 1.82) is 0 Å². The quantitative estimate of drug-likeness (QED) is 0.772. The van der Waals surface area contributed by atoms with E-state index in [-0.39, 0.29) is 12.5 Å². The van der Waals surface area contributed by atoms with Crippen LogP contribution in [0.25, 0.3) is 0 Å². The molecule has 0 saturated carbocycles. The van der Waals surface area contributed by atoms with Crippen LogP contribution in [-0.4, -0.2) is 35.7 Å². The standard InChI is InChI=1S/C14H21NO2S/c1-3-15(13-8-5-4-7-12(13)2)14(17)11-18-10-6-9-16/h4-5,7-8,16H,3,6,9-11H2,1-2H3. The van der Waals surface area contributed by atoms with Gasteiger partial charge in [-0.2, -0.15) is 11.8 Å². The third-order valence-corrected chi connectivity index (χ3v) is 3.72. The van der Waals surface area contributed by atoms with Crippen LogP contribution < -0.4 is 4.90 Å². The first-order chi connectivity index (χ1) is 8.70. The van der Waals surface area contributed by atoms with Crippen molar-refractivity contribution in [3.05, 3.63) is 29.8 Å². The van der Waals surface area contributed by atoms with E-state index in [2.05, 4.69) is 0 Å². The number of benzene rings is 1. The van der Waals surface area contributed by atoms with Gasteiger partial charge in [0, 0.05) is 18.8 Å².